The summed E-state index contributed by atoms with van der Waals surface area (Å²) in [5.41, 5.74) is 2.27. The number of hydrogen-bond acceptors (Lipinski definition) is 3. The highest BCUT2D eigenvalue weighted by molar-refractivity contribution is 5.97. The van der Waals surface area contributed by atoms with Crippen LogP contribution < -0.4 is 10.6 Å². The molecule has 0 aliphatic carbocycles. The van der Waals surface area contributed by atoms with Crippen LogP contribution in [0.5, 0.6) is 0 Å². The molecular formula is C16H24ClN3O2. The van der Waals surface area contributed by atoms with Gasteiger partial charge in [-0.2, -0.15) is 0 Å². The van der Waals surface area contributed by atoms with Gasteiger partial charge in [-0.3, -0.25) is 9.59 Å². The summed E-state index contributed by atoms with van der Waals surface area (Å²) in [4.78, 5) is 25.5. The van der Waals surface area contributed by atoms with Crippen LogP contribution in [0, 0.1) is 6.92 Å². The van der Waals surface area contributed by atoms with E-state index in [1.165, 1.54) is 0 Å². The predicted molar refractivity (Wildman–Crippen MR) is 90.7 cm³/mol. The molecule has 1 aromatic rings. The van der Waals surface area contributed by atoms with Crippen molar-refractivity contribution in [1.82, 2.24) is 10.2 Å². The SMILES string of the molecule is Cc1cc(NC(=O)CC2CCCN2)ccc1C(=O)N(C)C.Cl. The Morgan fingerprint density at radius 2 is 2.09 bits per heavy atom. The summed E-state index contributed by atoms with van der Waals surface area (Å²) < 4.78 is 0. The first-order valence-electron chi connectivity index (χ1n) is 7.33. The molecule has 1 aliphatic rings. The van der Waals surface area contributed by atoms with Gasteiger partial charge in [0.25, 0.3) is 5.91 Å². The summed E-state index contributed by atoms with van der Waals surface area (Å²) in [5, 5.41) is 6.21. The Bertz CT molecular complexity index is 540. The van der Waals surface area contributed by atoms with Gasteiger partial charge < -0.3 is 15.5 Å². The number of benzene rings is 1. The van der Waals surface area contributed by atoms with Crippen LogP contribution >= 0.6 is 12.4 Å². The molecule has 1 saturated heterocycles. The Hall–Kier alpha value is -1.59. The molecule has 5 nitrogen and oxygen atoms in total. The molecule has 2 rings (SSSR count). The highest BCUT2D eigenvalue weighted by Crippen LogP contribution is 2.17. The average Bonchev–Trinajstić information content (AvgIpc) is 2.90. The molecule has 0 radical (unpaired) electrons. The van der Waals surface area contributed by atoms with E-state index in [1.54, 1.807) is 31.1 Å². The molecule has 0 bridgehead atoms. The molecule has 1 fully saturated rings. The maximum absolute atomic E-state index is 12.0. The Labute approximate surface area is 137 Å². The second-order valence-corrected chi connectivity index (χ2v) is 5.77. The van der Waals surface area contributed by atoms with Crippen molar-refractivity contribution in [2.24, 2.45) is 0 Å². The van der Waals surface area contributed by atoms with Gasteiger partial charge in [-0.25, -0.2) is 0 Å². The maximum atomic E-state index is 12.0. The lowest BCUT2D eigenvalue weighted by Gasteiger charge is -2.14. The molecule has 2 amide bonds. The standard InChI is InChI=1S/C16H23N3O2.ClH/c1-11-9-13(6-7-14(11)16(21)19(2)3)18-15(20)10-12-5-4-8-17-12;/h6-7,9,12,17H,4-5,8,10H2,1-3H3,(H,18,20);1H. The fourth-order valence-corrected chi connectivity index (χ4v) is 2.59. The van der Waals surface area contributed by atoms with Gasteiger partial charge in [0.2, 0.25) is 5.91 Å². The average molecular weight is 326 g/mol. The minimum absolute atomic E-state index is 0. The first-order chi connectivity index (χ1) is 9.97. The zero-order valence-electron chi connectivity index (χ0n) is 13.3. The van der Waals surface area contributed by atoms with Crippen molar-refractivity contribution in [1.29, 1.82) is 0 Å². The van der Waals surface area contributed by atoms with Crippen molar-refractivity contribution in [3.05, 3.63) is 29.3 Å². The van der Waals surface area contributed by atoms with Crippen molar-refractivity contribution in [3.63, 3.8) is 0 Å². The summed E-state index contributed by atoms with van der Waals surface area (Å²) >= 11 is 0. The third-order valence-corrected chi connectivity index (χ3v) is 3.74. The molecule has 1 aromatic carbocycles. The highest BCUT2D eigenvalue weighted by Gasteiger charge is 2.18. The molecule has 1 heterocycles. The fraction of sp³-hybridized carbons (Fsp3) is 0.500. The van der Waals surface area contributed by atoms with Gasteiger partial charge >= 0.3 is 0 Å². The molecule has 122 valence electrons. The summed E-state index contributed by atoms with van der Waals surface area (Å²) in [6.07, 6.45) is 2.69. The van der Waals surface area contributed by atoms with Gasteiger partial charge in [-0.1, -0.05) is 0 Å². The van der Waals surface area contributed by atoms with Crippen LogP contribution in [0.15, 0.2) is 18.2 Å². The number of nitrogens with zero attached hydrogens (tertiary/aromatic N) is 1. The lowest BCUT2D eigenvalue weighted by molar-refractivity contribution is -0.116. The van der Waals surface area contributed by atoms with Crippen LogP contribution in [0.3, 0.4) is 0 Å². The molecular weight excluding hydrogens is 302 g/mol. The van der Waals surface area contributed by atoms with Crippen LogP contribution in [-0.2, 0) is 4.79 Å². The van der Waals surface area contributed by atoms with Crippen molar-refractivity contribution in [2.75, 3.05) is 26.0 Å². The van der Waals surface area contributed by atoms with E-state index in [4.69, 9.17) is 0 Å². The first kappa shape index (κ1) is 18.5. The normalized spacial score (nSPS) is 16.8. The lowest BCUT2D eigenvalue weighted by Crippen LogP contribution is -2.27. The second kappa shape index (κ2) is 8.15. The maximum Gasteiger partial charge on any atom is 0.253 e. The molecule has 22 heavy (non-hydrogen) atoms. The molecule has 6 heteroatoms. The third-order valence-electron chi connectivity index (χ3n) is 3.74. The molecule has 1 atom stereocenters. The number of carbonyl (C=O) groups excluding carboxylic acids is 2. The number of halogens is 1. The van der Waals surface area contributed by atoms with E-state index in [2.05, 4.69) is 10.6 Å². The smallest absolute Gasteiger partial charge is 0.253 e. The number of carbonyl (C=O) groups is 2. The van der Waals surface area contributed by atoms with Crippen LogP contribution in [0.2, 0.25) is 0 Å². The van der Waals surface area contributed by atoms with Crippen LogP contribution in [-0.4, -0.2) is 43.4 Å². The van der Waals surface area contributed by atoms with Gasteiger partial charge in [-0.15, -0.1) is 12.4 Å². The van der Waals surface area contributed by atoms with Crippen LogP contribution in [0.1, 0.15) is 35.2 Å². The number of nitrogens with one attached hydrogen (secondary N) is 2. The van der Waals surface area contributed by atoms with Crippen molar-refractivity contribution >= 4 is 29.9 Å². The highest BCUT2D eigenvalue weighted by atomic mass is 35.5. The Morgan fingerprint density at radius 3 is 2.64 bits per heavy atom. The molecule has 0 spiro atoms. The number of aryl methyl sites for hydroxylation is 1. The summed E-state index contributed by atoms with van der Waals surface area (Å²) in [6.45, 7) is 2.88. The monoisotopic (exact) mass is 325 g/mol. The van der Waals surface area contributed by atoms with Crippen molar-refractivity contribution in [3.8, 4) is 0 Å². The number of hydrogen-bond donors (Lipinski definition) is 2. The largest absolute Gasteiger partial charge is 0.345 e. The Kier molecular flexibility index (Phi) is 6.84. The molecule has 1 aliphatic heterocycles. The van der Waals surface area contributed by atoms with Crippen molar-refractivity contribution in [2.45, 2.75) is 32.2 Å². The van der Waals surface area contributed by atoms with E-state index < -0.39 is 0 Å². The van der Waals surface area contributed by atoms with Crippen molar-refractivity contribution < 1.29 is 9.59 Å². The van der Waals surface area contributed by atoms with Gasteiger partial charge in [0, 0.05) is 37.8 Å². The lowest BCUT2D eigenvalue weighted by atomic mass is 10.1. The van der Waals surface area contributed by atoms with E-state index >= 15 is 0 Å². The summed E-state index contributed by atoms with van der Waals surface area (Å²) in [6, 6.07) is 5.68. The zero-order chi connectivity index (χ0) is 15.4. The van der Waals surface area contributed by atoms with E-state index in [0.29, 0.717) is 18.0 Å². The van der Waals surface area contributed by atoms with E-state index in [9.17, 15) is 9.59 Å². The third kappa shape index (κ3) is 4.71. The Morgan fingerprint density at radius 1 is 1.36 bits per heavy atom. The van der Waals surface area contributed by atoms with Crippen LogP contribution in [0.4, 0.5) is 5.69 Å². The minimum Gasteiger partial charge on any atom is -0.345 e. The molecule has 0 aromatic heterocycles. The Balaban J connectivity index is 0.00000242. The van der Waals surface area contributed by atoms with E-state index in [0.717, 1.165) is 30.6 Å². The fourth-order valence-electron chi connectivity index (χ4n) is 2.59. The van der Waals surface area contributed by atoms with Crippen LogP contribution in [0.25, 0.3) is 0 Å². The second-order valence-electron chi connectivity index (χ2n) is 5.77. The van der Waals surface area contributed by atoms with Gasteiger partial charge in [0.15, 0.2) is 0 Å². The molecule has 1 unspecified atom stereocenters. The quantitative estimate of drug-likeness (QED) is 0.892. The molecule has 0 saturated carbocycles. The van der Waals surface area contributed by atoms with Gasteiger partial charge in [0.05, 0.1) is 0 Å². The van der Waals surface area contributed by atoms with E-state index in [-0.39, 0.29) is 24.2 Å². The number of rotatable bonds is 4. The molecule has 2 N–H and O–H groups in total. The summed E-state index contributed by atoms with van der Waals surface area (Å²) in [7, 11) is 3.46. The topological polar surface area (TPSA) is 61.4 Å². The van der Waals surface area contributed by atoms with Gasteiger partial charge in [-0.05, 0) is 50.1 Å². The number of anilines is 1. The van der Waals surface area contributed by atoms with E-state index in [1.807, 2.05) is 13.0 Å². The first-order valence-corrected chi connectivity index (χ1v) is 7.33. The predicted octanol–water partition coefficient (Wildman–Crippen LogP) is 2.20. The zero-order valence-corrected chi connectivity index (χ0v) is 14.1. The minimum atomic E-state index is -0.0273. The van der Waals surface area contributed by atoms with Gasteiger partial charge in [0.1, 0.15) is 0 Å². The number of amides is 2. The summed E-state index contributed by atoms with van der Waals surface area (Å²) in [5.74, 6) is -0.0129.